The molecular weight excluding hydrogens is 364 g/mol. The van der Waals surface area contributed by atoms with Gasteiger partial charge in [-0.1, -0.05) is 66.7 Å². The van der Waals surface area contributed by atoms with Crippen molar-refractivity contribution in [3.63, 3.8) is 0 Å². The second kappa shape index (κ2) is 9.16. The van der Waals surface area contributed by atoms with Crippen LogP contribution in [0.25, 0.3) is 0 Å². The lowest BCUT2D eigenvalue weighted by molar-refractivity contribution is -0.129. The largest absolute Gasteiger partial charge is 0.477 e. The van der Waals surface area contributed by atoms with E-state index in [1.54, 1.807) is 0 Å². The van der Waals surface area contributed by atoms with E-state index in [-0.39, 0.29) is 17.9 Å². The minimum Gasteiger partial charge on any atom is -0.477 e. The molecule has 0 amide bonds. The molecule has 2 aromatic carbocycles. The first-order chi connectivity index (χ1) is 14.2. The highest BCUT2D eigenvalue weighted by Gasteiger charge is 2.27. The Bertz CT molecular complexity index is 845. The van der Waals surface area contributed by atoms with Crippen molar-refractivity contribution in [3.05, 3.63) is 83.4 Å². The van der Waals surface area contributed by atoms with Gasteiger partial charge in [0.1, 0.15) is 11.8 Å². The van der Waals surface area contributed by atoms with Crippen LogP contribution < -0.4 is 0 Å². The van der Waals surface area contributed by atoms with Crippen molar-refractivity contribution in [2.24, 2.45) is 4.99 Å². The highest BCUT2D eigenvalue weighted by molar-refractivity contribution is 6.43. The van der Waals surface area contributed by atoms with Crippen LogP contribution in [0.15, 0.2) is 77.3 Å². The number of aliphatic carboxylic acids is 1. The van der Waals surface area contributed by atoms with Crippen LogP contribution in [0.5, 0.6) is 0 Å². The van der Waals surface area contributed by atoms with Gasteiger partial charge in [0.25, 0.3) is 0 Å². The molecule has 1 fully saturated rings. The standard InChI is InChI=1S/C24H26N2O3/c27-24(28)22-20(11-14-25-22)17-26-15-12-21(13-16-26)29-23(18-7-3-1-4-8-18)19-9-5-2-6-10-19/h1-11,21,23H,12-17H2,(H,27,28). The molecule has 2 aliphatic rings. The van der Waals surface area contributed by atoms with E-state index in [1.165, 1.54) is 11.1 Å². The highest BCUT2D eigenvalue weighted by atomic mass is 16.5. The lowest BCUT2D eigenvalue weighted by Crippen LogP contribution is -2.39. The maximum Gasteiger partial charge on any atom is 0.354 e. The molecule has 2 heterocycles. The van der Waals surface area contributed by atoms with E-state index in [9.17, 15) is 9.90 Å². The van der Waals surface area contributed by atoms with Crippen molar-refractivity contribution >= 4 is 11.7 Å². The van der Waals surface area contributed by atoms with Crippen LogP contribution in [0.1, 0.15) is 30.1 Å². The number of carbonyl (C=O) groups is 1. The van der Waals surface area contributed by atoms with Crippen LogP contribution in [0.4, 0.5) is 0 Å². The molecule has 4 rings (SSSR count). The number of carboxylic acid groups (broad SMARTS) is 1. The minimum atomic E-state index is -0.930. The summed E-state index contributed by atoms with van der Waals surface area (Å²) < 4.78 is 6.58. The summed E-state index contributed by atoms with van der Waals surface area (Å²) in [6, 6.07) is 20.7. The average Bonchev–Trinajstić information content (AvgIpc) is 3.23. The summed E-state index contributed by atoms with van der Waals surface area (Å²) in [6.07, 6.45) is 3.90. The molecule has 0 aliphatic carbocycles. The lowest BCUT2D eigenvalue weighted by Gasteiger charge is -2.34. The van der Waals surface area contributed by atoms with Crippen molar-refractivity contribution in [3.8, 4) is 0 Å². The summed E-state index contributed by atoms with van der Waals surface area (Å²) in [5.41, 5.74) is 3.39. The fourth-order valence-electron chi connectivity index (χ4n) is 4.03. The smallest absolute Gasteiger partial charge is 0.354 e. The predicted molar refractivity (Wildman–Crippen MR) is 113 cm³/mol. The quantitative estimate of drug-likeness (QED) is 0.783. The van der Waals surface area contributed by atoms with Crippen molar-refractivity contribution in [2.75, 3.05) is 26.2 Å². The molecule has 1 saturated heterocycles. The van der Waals surface area contributed by atoms with Crippen LogP contribution in [0.2, 0.25) is 0 Å². The van der Waals surface area contributed by atoms with Gasteiger partial charge in [0, 0.05) is 19.6 Å². The number of hydrogen-bond donors (Lipinski definition) is 1. The minimum absolute atomic E-state index is 0.0720. The third-order valence-electron chi connectivity index (χ3n) is 5.56. The summed E-state index contributed by atoms with van der Waals surface area (Å²) >= 11 is 0. The third-order valence-corrected chi connectivity index (χ3v) is 5.56. The number of benzene rings is 2. The molecular formula is C24H26N2O3. The Morgan fingerprint density at radius 2 is 1.62 bits per heavy atom. The molecule has 0 radical (unpaired) electrons. The van der Waals surface area contributed by atoms with E-state index in [1.807, 2.05) is 42.5 Å². The third kappa shape index (κ3) is 4.81. The first kappa shape index (κ1) is 19.6. The number of piperidine rings is 1. The Balaban J connectivity index is 1.38. The normalized spacial score (nSPS) is 18.0. The van der Waals surface area contributed by atoms with E-state index >= 15 is 0 Å². The summed E-state index contributed by atoms with van der Waals surface area (Å²) in [4.78, 5) is 17.7. The molecule has 0 bridgehead atoms. The SMILES string of the molecule is O=C(O)C1=NCC=C1CN1CCC(OC(c2ccccc2)c2ccccc2)CC1. The summed E-state index contributed by atoms with van der Waals surface area (Å²) in [5, 5.41) is 9.26. The van der Waals surface area contributed by atoms with Crippen molar-refractivity contribution in [1.82, 2.24) is 4.90 Å². The van der Waals surface area contributed by atoms with E-state index in [0.29, 0.717) is 13.1 Å². The Hall–Kier alpha value is -2.76. The zero-order valence-electron chi connectivity index (χ0n) is 16.4. The first-order valence-corrected chi connectivity index (χ1v) is 10.2. The predicted octanol–water partition coefficient (Wildman–Crippen LogP) is 3.72. The lowest BCUT2D eigenvalue weighted by atomic mass is 10.00. The van der Waals surface area contributed by atoms with E-state index in [0.717, 1.165) is 31.5 Å². The Morgan fingerprint density at radius 1 is 1.03 bits per heavy atom. The zero-order chi connectivity index (χ0) is 20.1. The molecule has 2 aliphatic heterocycles. The summed E-state index contributed by atoms with van der Waals surface area (Å²) in [5.74, 6) is -0.930. The van der Waals surface area contributed by atoms with Crippen LogP contribution in [-0.2, 0) is 9.53 Å². The van der Waals surface area contributed by atoms with Crippen LogP contribution >= 0.6 is 0 Å². The highest BCUT2D eigenvalue weighted by Crippen LogP contribution is 2.30. The van der Waals surface area contributed by atoms with Gasteiger partial charge in [0.2, 0.25) is 0 Å². The number of nitrogens with zero attached hydrogens (tertiary/aromatic N) is 2. The average molecular weight is 390 g/mol. The molecule has 0 spiro atoms. The topological polar surface area (TPSA) is 62.1 Å². The molecule has 2 aromatic rings. The molecule has 1 N–H and O–H groups in total. The molecule has 0 unspecified atom stereocenters. The Morgan fingerprint density at radius 3 is 2.17 bits per heavy atom. The Labute approximate surface area is 171 Å². The van der Waals surface area contributed by atoms with Gasteiger partial charge >= 0.3 is 5.97 Å². The van der Waals surface area contributed by atoms with Crippen molar-refractivity contribution in [2.45, 2.75) is 25.0 Å². The number of carboxylic acids is 1. The molecule has 5 heteroatoms. The fourth-order valence-corrected chi connectivity index (χ4v) is 4.03. The molecule has 0 aromatic heterocycles. The van der Waals surface area contributed by atoms with Gasteiger partial charge in [-0.2, -0.15) is 0 Å². The summed E-state index contributed by atoms with van der Waals surface area (Å²) in [7, 11) is 0. The van der Waals surface area contributed by atoms with Gasteiger partial charge in [0.15, 0.2) is 0 Å². The molecule has 0 saturated carbocycles. The van der Waals surface area contributed by atoms with Gasteiger partial charge in [-0.05, 0) is 29.5 Å². The monoisotopic (exact) mass is 390 g/mol. The van der Waals surface area contributed by atoms with Crippen molar-refractivity contribution in [1.29, 1.82) is 0 Å². The number of hydrogen-bond acceptors (Lipinski definition) is 4. The Kier molecular flexibility index (Phi) is 6.17. The number of ether oxygens (including phenoxy) is 1. The van der Waals surface area contributed by atoms with Gasteiger partial charge in [-0.3, -0.25) is 9.89 Å². The maximum absolute atomic E-state index is 11.3. The van der Waals surface area contributed by atoms with Crippen LogP contribution in [0.3, 0.4) is 0 Å². The fraction of sp³-hybridized carbons (Fsp3) is 0.333. The van der Waals surface area contributed by atoms with Gasteiger partial charge in [-0.15, -0.1) is 0 Å². The first-order valence-electron chi connectivity index (χ1n) is 10.2. The molecule has 29 heavy (non-hydrogen) atoms. The van der Waals surface area contributed by atoms with Crippen molar-refractivity contribution < 1.29 is 14.6 Å². The van der Waals surface area contributed by atoms with Crippen LogP contribution in [0, 0.1) is 0 Å². The molecule has 5 nitrogen and oxygen atoms in total. The second-order valence-electron chi connectivity index (χ2n) is 7.54. The van der Waals surface area contributed by atoms with Crippen LogP contribution in [-0.4, -0.2) is 54.0 Å². The van der Waals surface area contributed by atoms with E-state index < -0.39 is 5.97 Å². The zero-order valence-corrected chi connectivity index (χ0v) is 16.4. The second-order valence-corrected chi connectivity index (χ2v) is 7.54. The molecule has 150 valence electrons. The number of rotatable bonds is 7. The summed E-state index contributed by atoms with van der Waals surface area (Å²) in [6.45, 7) is 2.92. The van der Waals surface area contributed by atoms with Gasteiger partial charge < -0.3 is 9.84 Å². The van der Waals surface area contributed by atoms with Gasteiger partial charge in [0.05, 0.1) is 12.6 Å². The van der Waals surface area contributed by atoms with Gasteiger partial charge in [-0.25, -0.2) is 4.79 Å². The number of aliphatic imine (C=N–C) groups is 1. The molecule has 0 atom stereocenters. The maximum atomic E-state index is 11.3. The van der Waals surface area contributed by atoms with E-state index in [2.05, 4.69) is 34.2 Å². The van der Waals surface area contributed by atoms with E-state index in [4.69, 9.17) is 4.74 Å². The number of likely N-dealkylation sites (tertiary alicyclic amines) is 1.